The van der Waals surface area contributed by atoms with Gasteiger partial charge < -0.3 is 0 Å². The molecule has 0 heterocycles. The first-order chi connectivity index (χ1) is 8.27. The van der Waals surface area contributed by atoms with Gasteiger partial charge in [-0.1, -0.05) is 25.7 Å². The highest BCUT2D eigenvalue weighted by molar-refractivity contribution is 7.97. The predicted molar refractivity (Wildman–Crippen MR) is 76.6 cm³/mol. The van der Waals surface area contributed by atoms with E-state index >= 15 is 0 Å². The summed E-state index contributed by atoms with van der Waals surface area (Å²) in [6.45, 7) is 0. The minimum absolute atomic E-state index is 0.362. The van der Waals surface area contributed by atoms with Gasteiger partial charge in [0.25, 0.3) is 0 Å². The second-order valence-corrected chi connectivity index (χ2v) is 8.23. The van der Waals surface area contributed by atoms with Gasteiger partial charge in [0.2, 0.25) is 0 Å². The third-order valence-corrected chi connectivity index (χ3v) is 6.90. The molecule has 1 atom stereocenters. The number of carbonyl (C=O) groups excluding carboxylic acids is 1. The molecule has 0 spiro atoms. The maximum absolute atomic E-state index is 12.3. The number of hydrogen-bond donors (Lipinski definition) is 0. The van der Waals surface area contributed by atoms with Crippen molar-refractivity contribution in [3.8, 4) is 0 Å². The van der Waals surface area contributed by atoms with Crippen LogP contribution >= 0.6 is 0 Å². The molecule has 0 aromatic heterocycles. The van der Waals surface area contributed by atoms with Crippen LogP contribution < -0.4 is 0 Å². The second kappa shape index (κ2) is 6.82. The van der Waals surface area contributed by atoms with Gasteiger partial charge in [0.05, 0.1) is 6.26 Å². The van der Waals surface area contributed by atoms with Crippen LogP contribution in [0.4, 0.5) is 0 Å². The van der Waals surface area contributed by atoms with Gasteiger partial charge in [-0.3, -0.25) is 4.79 Å². The number of hydrogen-bond acceptors (Lipinski definition) is 1. The molecule has 1 unspecified atom stereocenters. The molecule has 0 bridgehead atoms. The molecule has 0 aliphatic heterocycles. The van der Waals surface area contributed by atoms with Crippen molar-refractivity contribution in [1.29, 1.82) is 0 Å². The molecule has 0 aromatic rings. The lowest BCUT2D eigenvalue weighted by Crippen LogP contribution is -2.32. The van der Waals surface area contributed by atoms with Gasteiger partial charge >= 0.3 is 0 Å². The zero-order valence-corrected chi connectivity index (χ0v) is 12.1. The molecular weight excluding hydrogens is 228 g/mol. The summed E-state index contributed by atoms with van der Waals surface area (Å²) < 4.78 is 0. The Bertz CT molecular complexity index is 239. The topological polar surface area (TPSA) is 17.1 Å². The van der Waals surface area contributed by atoms with E-state index < -0.39 is 0 Å². The standard InChI is InChI=1S/C15H27OS/c1-17(14-10-6-3-7-11-14)12-15(16)13-8-4-2-5-9-13/h13-14H,2-12H2,1H3/q+1. The number of ketones is 1. The van der Waals surface area contributed by atoms with Crippen LogP contribution in [0, 0.1) is 5.92 Å². The Hall–Kier alpha value is 0.0200. The molecule has 2 fully saturated rings. The van der Waals surface area contributed by atoms with Gasteiger partial charge in [0.15, 0.2) is 11.5 Å². The lowest BCUT2D eigenvalue weighted by atomic mass is 9.87. The van der Waals surface area contributed by atoms with Crippen molar-refractivity contribution in [3.63, 3.8) is 0 Å². The Balaban J connectivity index is 1.76. The van der Waals surface area contributed by atoms with Crippen molar-refractivity contribution < 1.29 is 4.79 Å². The molecule has 2 heteroatoms. The van der Waals surface area contributed by atoms with E-state index in [1.165, 1.54) is 64.2 Å². The summed E-state index contributed by atoms with van der Waals surface area (Å²) in [6.07, 6.45) is 15.6. The van der Waals surface area contributed by atoms with Gasteiger partial charge in [-0.2, -0.15) is 0 Å². The molecule has 2 saturated carbocycles. The number of carbonyl (C=O) groups is 1. The molecule has 0 radical (unpaired) electrons. The molecule has 1 nitrogen and oxygen atoms in total. The Morgan fingerprint density at radius 1 is 0.941 bits per heavy atom. The van der Waals surface area contributed by atoms with Gasteiger partial charge in [0, 0.05) is 5.92 Å². The van der Waals surface area contributed by atoms with Crippen LogP contribution in [0.25, 0.3) is 0 Å². The fourth-order valence-electron chi connectivity index (χ4n) is 3.35. The van der Waals surface area contributed by atoms with Crippen molar-refractivity contribution >= 4 is 16.7 Å². The zero-order valence-electron chi connectivity index (χ0n) is 11.2. The Kier molecular flexibility index (Phi) is 5.40. The number of Topliss-reactive ketones (excluding diaryl/α,β-unsaturated/α-hetero) is 1. The molecule has 17 heavy (non-hydrogen) atoms. The smallest absolute Gasteiger partial charge is 0.184 e. The van der Waals surface area contributed by atoms with Crippen LogP contribution in [-0.2, 0) is 15.7 Å². The molecule has 0 N–H and O–H groups in total. The normalized spacial score (nSPS) is 25.7. The summed E-state index contributed by atoms with van der Waals surface area (Å²) in [7, 11) is 0.362. The highest BCUT2D eigenvalue weighted by Crippen LogP contribution is 2.28. The average Bonchev–Trinajstić information content (AvgIpc) is 2.40. The Morgan fingerprint density at radius 3 is 2.06 bits per heavy atom. The van der Waals surface area contributed by atoms with E-state index in [9.17, 15) is 4.79 Å². The summed E-state index contributed by atoms with van der Waals surface area (Å²) in [5.74, 6) is 1.93. The van der Waals surface area contributed by atoms with Gasteiger partial charge in [0.1, 0.15) is 5.25 Å². The number of rotatable bonds is 4. The molecule has 2 aliphatic rings. The van der Waals surface area contributed by atoms with Crippen LogP contribution in [0.3, 0.4) is 0 Å². The third-order valence-electron chi connectivity index (χ3n) is 4.55. The van der Waals surface area contributed by atoms with E-state index in [2.05, 4.69) is 6.26 Å². The van der Waals surface area contributed by atoms with E-state index in [1.54, 1.807) is 0 Å². The van der Waals surface area contributed by atoms with E-state index in [0.717, 1.165) is 11.0 Å². The van der Waals surface area contributed by atoms with E-state index in [-0.39, 0.29) is 0 Å². The maximum atomic E-state index is 12.3. The SMILES string of the molecule is C[S+](CC(=O)C1CCCCC1)C1CCCCC1. The van der Waals surface area contributed by atoms with Crippen LogP contribution in [0.1, 0.15) is 64.2 Å². The first-order valence-electron chi connectivity index (χ1n) is 7.41. The Labute approximate surface area is 109 Å². The van der Waals surface area contributed by atoms with Gasteiger partial charge in [-0.05, 0) is 49.4 Å². The molecule has 2 rings (SSSR count). The summed E-state index contributed by atoms with van der Waals surface area (Å²) in [4.78, 5) is 12.3. The maximum Gasteiger partial charge on any atom is 0.184 e. The predicted octanol–water partition coefficient (Wildman–Crippen LogP) is 3.72. The minimum atomic E-state index is 0.362. The molecular formula is C15H27OS+. The minimum Gasteiger partial charge on any atom is -0.294 e. The molecule has 2 aliphatic carbocycles. The molecule has 0 amide bonds. The van der Waals surface area contributed by atoms with E-state index in [4.69, 9.17) is 0 Å². The third kappa shape index (κ3) is 4.01. The highest BCUT2D eigenvalue weighted by atomic mass is 32.2. The fourth-order valence-corrected chi connectivity index (χ4v) is 5.41. The average molecular weight is 255 g/mol. The largest absolute Gasteiger partial charge is 0.294 e. The Morgan fingerprint density at radius 2 is 1.47 bits per heavy atom. The van der Waals surface area contributed by atoms with Crippen molar-refractivity contribution in [1.82, 2.24) is 0 Å². The summed E-state index contributed by atoms with van der Waals surface area (Å²) in [5, 5.41) is 0.872. The van der Waals surface area contributed by atoms with E-state index in [1.807, 2.05) is 0 Å². The van der Waals surface area contributed by atoms with Crippen LogP contribution in [-0.4, -0.2) is 23.0 Å². The first kappa shape index (κ1) is 13.5. The molecule has 98 valence electrons. The van der Waals surface area contributed by atoms with Crippen LogP contribution in [0.2, 0.25) is 0 Å². The van der Waals surface area contributed by atoms with Crippen LogP contribution in [0.5, 0.6) is 0 Å². The first-order valence-corrected chi connectivity index (χ1v) is 9.28. The zero-order chi connectivity index (χ0) is 12.1. The van der Waals surface area contributed by atoms with Crippen molar-refractivity contribution in [2.24, 2.45) is 5.92 Å². The summed E-state index contributed by atoms with van der Waals surface area (Å²) in [5.41, 5.74) is 0. The van der Waals surface area contributed by atoms with Crippen LogP contribution in [0.15, 0.2) is 0 Å². The fraction of sp³-hybridized carbons (Fsp3) is 0.933. The van der Waals surface area contributed by atoms with Crippen molar-refractivity contribution in [3.05, 3.63) is 0 Å². The lowest BCUT2D eigenvalue weighted by molar-refractivity contribution is -0.121. The summed E-state index contributed by atoms with van der Waals surface area (Å²) in [6, 6.07) is 0. The second-order valence-electron chi connectivity index (χ2n) is 5.90. The van der Waals surface area contributed by atoms with Crippen molar-refractivity contribution in [2.45, 2.75) is 69.5 Å². The quantitative estimate of drug-likeness (QED) is 0.700. The monoisotopic (exact) mass is 255 g/mol. The lowest BCUT2D eigenvalue weighted by Gasteiger charge is -2.23. The van der Waals surface area contributed by atoms with Crippen molar-refractivity contribution in [2.75, 3.05) is 12.0 Å². The molecule has 0 saturated heterocycles. The van der Waals surface area contributed by atoms with Gasteiger partial charge in [-0.15, -0.1) is 0 Å². The molecule has 0 aromatic carbocycles. The van der Waals surface area contributed by atoms with E-state index in [0.29, 0.717) is 22.6 Å². The highest BCUT2D eigenvalue weighted by Gasteiger charge is 2.32. The van der Waals surface area contributed by atoms with Gasteiger partial charge in [-0.25, -0.2) is 0 Å². The summed E-state index contributed by atoms with van der Waals surface area (Å²) >= 11 is 0.